The number of carbonyl (C=O) groups excluding carboxylic acids is 2. The van der Waals surface area contributed by atoms with Gasteiger partial charge >= 0.3 is 17.9 Å². The Morgan fingerprint density at radius 2 is 0.651 bits per heavy atom. The Kier molecular flexibility index (Phi) is 60.8. The van der Waals surface area contributed by atoms with Crippen molar-refractivity contribution in [2.75, 3.05) is 47.5 Å². The summed E-state index contributed by atoms with van der Waals surface area (Å²) in [5.74, 6) is -2.00. The number of rotatable bonds is 62. The highest BCUT2D eigenvalue weighted by Crippen LogP contribution is 2.17. The second kappa shape index (κ2) is 64.0. The summed E-state index contributed by atoms with van der Waals surface area (Å²) in [5.41, 5.74) is 0. The molecule has 0 rings (SSSR count). The van der Waals surface area contributed by atoms with Crippen LogP contribution in [0.2, 0.25) is 0 Å². The SMILES string of the molecule is CC/C=C\C/C=C\C/C=C\C/C=C\C/C=C\CCCCCCCCCCCCCCCC(=O)OC(COC(=O)CCCCCCCCCCCCCCCCCC/C=C\C/C=C\C/C=C\C/C=C\CC)COC(OCC[N+](C)(C)C)C(=O)O. The summed E-state index contributed by atoms with van der Waals surface area (Å²) in [6, 6.07) is 0. The van der Waals surface area contributed by atoms with Crippen molar-refractivity contribution >= 4 is 17.9 Å². The van der Waals surface area contributed by atoms with Crippen LogP contribution in [0.1, 0.15) is 284 Å². The van der Waals surface area contributed by atoms with Crippen molar-refractivity contribution in [3.8, 4) is 0 Å². The molecule has 0 aliphatic rings. The van der Waals surface area contributed by atoms with Gasteiger partial charge in [-0.1, -0.05) is 284 Å². The van der Waals surface area contributed by atoms with Crippen LogP contribution in [0.25, 0.3) is 0 Å². The van der Waals surface area contributed by atoms with Gasteiger partial charge in [0.05, 0.1) is 34.4 Å². The standard InChI is InChI=1S/C74H127NO8/c1-6-8-10-12-14-16-18-20-22-24-26-28-30-32-34-36-38-40-42-44-46-48-50-52-54-56-58-60-62-64-71(76)81-68-70(69-82-74(73(78)79)80-67-66-75(3,4)5)83-72(77)65-63-61-59-57-55-53-51-49-47-45-43-41-39-37-35-33-31-29-27-25-23-21-19-17-15-13-11-9-7-2/h8-11,14-17,20-23,26-29,33,35,70,74H,6-7,12-13,18-19,24-25,30-32,34,36-69H2,1-5H3/p+1/b10-8-,11-9-,16-14-,17-15-,22-20-,23-21-,28-26-,29-27-,35-33-. The van der Waals surface area contributed by atoms with E-state index in [2.05, 4.69) is 123 Å². The van der Waals surface area contributed by atoms with Crippen LogP contribution in [-0.2, 0) is 33.3 Å². The molecule has 0 saturated carbocycles. The number of aliphatic carboxylic acids is 1. The number of likely N-dealkylation sites (N-methyl/N-ethyl adjacent to an activating group) is 1. The Bertz CT molecular complexity index is 1730. The molecule has 0 aromatic carbocycles. The Morgan fingerprint density at radius 3 is 0.964 bits per heavy atom. The molecule has 0 heterocycles. The first-order valence-electron chi connectivity index (χ1n) is 34.1. The van der Waals surface area contributed by atoms with E-state index in [1.165, 1.54) is 154 Å². The predicted octanol–water partition coefficient (Wildman–Crippen LogP) is 21.0. The van der Waals surface area contributed by atoms with Crippen LogP contribution >= 0.6 is 0 Å². The molecule has 9 heteroatoms. The molecule has 0 saturated heterocycles. The number of hydrogen-bond donors (Lipinski definition) is 1. The highest BCUT2D eigenvalue weighted by molar-refractivity contribution is 5.71. The summed E-state index contributed by atoms with van der Waals surface area (Å²) in [5, 5.41) is 9.74. The molecular weight excluding hydrogens is 1030 g/mol. The lowest BCUT2D eigenvalue weighted by molar-refractivity contribution is -0.870. The zero-order valence-electron chi connectivity index (χ0n) is 54.3. The molecule has 0 fully saturated rings. The number of nitrogens with zero attached hydrogens (tertiary/aromatic N) is 1. The van der Waals surface area contributed by atoms with Gasteiger partial charge in [0.2, 0.25) is 0 Å². The topological polar surface area (TPSA) is 108 Å². The first kappa shape index (κ1) is 79.0. The van der Waals surface area contributed by atoms with Gasteiger partial charge in [0.1, 0.15) is 13.2 Å². The van der Waals surface area contributed by atoms with Crippen molar-refractivity contribution in [1.29, 1.82) is 0 Å². The Morgan fingerprint density at radius 1 is 0.361 bits per heavy atom. The zero-order valence-corrected chi connectivity index (χ0v) is 54.3. The Hall–Kier alpha value is -4.05. The second-order valence-electron chi connectivity index (χ2n) is 23.7. The fourth-order valence-electron chi connectivity index (χ4n) is 9.39. The molecule has 2 unspecified atom stereocenters. The van der Waals surface area contributed by atoms with Gasteiger partial charge in [-0.2, -0.15) is 0 Å². The van der Waals surface area contributed by atoms with Crippen LogP contribution in [0, 0.1) is 0 Å². The largest absolute Gasteiger partial charge is 0.477 e. The van der Waals surface area contributed by atoms with Crippen molar-refractivity contribution < 1.29 is 42.9 Å². The van der Waals surface area contributed by atoms with Gasteiger partial charge in [-0.3, -0.25) is 9.59 Å². The molecule has 0 aromatic rings. The van der Waals surface area contributed by atoms with Gasteiger partial charge in [0, 0.05) is 12.8 Å². The highest BCUT2D eigenvalue weighted by atomic mass is 16.7. The molecule has 0 bridgehead atoms. The van der Waals surface area contributed by atoms with E-state index < -0.39 is 24.3 Å². The van der Waals surface area contributed by atoms with Crippen LogP contribution in [0.5, 0.6) is 0 Å². The molecule has 0 spiro atoms. The zero-order chi connectivity index (χ0) is 60.5. The van der Waals surface area contributed by atoms with E-state index in [0.717, 1.165) is 103 Å². The van der Waals surface area contributed by atoms with Crippen molar-refractivity contribution in [2.45, 2.75) is 296 Å². The van der Waals surface area contributed by atoms with Crippen LogP contribution in [0.15, 0.2) is 109 Å². The predicted molar refractivity (Wildman–Crippen MR) is 355 cm³/mol. The van der Waals surface area contributed by atoms with E-state index in [0.29, 0.717) is 17.4 Å². The number of hydrogen-bond acceptors (Lipinski definition) is 7. The smallest absolute Gasteiger partial charge is 0.361 e. The molecular formula is C74H128NO8+. The number of ether oxygens (including phenoxy) is 4. The van der Waals surface area contributed by atoms with E-state index >= 15 is 0 Å². The van der Waals surface area contributed by atoms with Crippen molar-refractivity contribution in [3.63, 3.8) is 0 Å². The molecule has 0 aliphatic heterocycles. The summed E-state index contributed by atoms with van der Waals surface area (Å²) >= 11 is 0. The van der Waals surface area contributed by atoms with Crippen LogP contribution in [0.4, 0.5) is 0 Å². The van der Waals surface area contributed by atoms with E-state index in [-0.39, 0.29) is 32.2 Å². The summed E-state index contributed by atoms with van der Waals surface area (Å²) in [4.78, 5) is 37.6. The maximum Gasteiger partial charge on any atom is 0.361 e. The molecule has 0 aliphatic carbocycles. The van der Waals surface area contributed by atoms with Gasteiger partial charge in [-0.25, -0.2) is 4.79 Å². The van der Waals surface area contributed by atoms with Gasteiger partial charge in [0.15, 0.2) is 6.10 Å². The van der Waals surface area contributed by atoms with Crippen molar-refractivity contribution in [3.05, 3.63) is 109 Å². The second-order valence-corrected chi connectivity index (χ2v) is 23.7. The quantitative estimate of drug-likeness (QED) is 0.0211. The monoisotopic (exact) mass is 1160 g/mol. The van der Waals surface area contributed by atoms with Crippen LogP contribution in [0.3, 0.4) is 0 Å². The third-order valence-electron chi connectivity index (χ3n) is 14.5. The number of esters is 2. The fourth-order valence-corrected chi connectivity index (χ4v) is 9.39. The van der Waals surface area contributed by atoms with E-state index in [1.54, 1.807) is 0 Å². The summed E-state index contributed by atoms with van der Waals surface area (Å²) in [6.45, 7) is 4.67. The van der Waals surface area contributed by atoms with Crippen molar-refractivity contribution in [1.82, 2.24) is 0 Å². The van der Waals surface area contributed by atoms with E-state index in [1.807, 2.05) is 21.1 Å². The first-order chi connectivity index (χ1) is 40.6. The van der Waals surface area contributed by atoms with Gasteiger partial charge in [-0.05, 0) is 96.3 Å². The molecule has 83 heavy (non-hydrogen) atoms. The minimum absolute atomic E-state index is 0.184. The van der Waals surface area contributed by atoms with Crippen molar-refractivity contribution in [2.24, 2.45) is 0 Å². The van der Waals surface area contributed by atoms with Crippen LogP contribution < -0.4 is 0 Å². The average molecular weight is 1160 g/mol. The number of quaternary nitrogens is 1. The number of allylic oxidation sites excluding steroid dienone is 18. The summed E-state index contributed by atoms with van der Waals surface area (Å²) in [6.07, 6.45) is 86.2. The molecule has 2 atom stereocenters. The number of carboxylic acid groups (broad SMARTS) is 1. The van der Waals surface area contributed by atoms with E-state index in [4.69, 9.17) is 18.9 Å². The minimum atomic E-state index is -1.52. The highest BCUT2D eigenvalue weighted by Gasteiger charge is 2.25. The first-order valence-corrected chi connectivity index (χ1v) is 34.1. The summed E-state index contributed by atoms with van der Waals surface area (Å²) < 4.78 is 23.0. The number of unbranched alkanes of at least 4 members (excludes halogenated alkanes) is 29. The van der Waals surface area contributed by atoms with E-state index in [9.17, 15) is 19.5 Å². The molecule has 9 nitrogen and oxygen atoms in total. The maximum atomic E-state index is 12.9. The maximum absolute atomic E-state index is 12.9. The Balaban J connectivity index is 4.13. The lowest BCUT2D eigenvalue weighted by Crippen LogP contribution is -2.40. The van der Waals surface area contributed by atoms with Gasteiger partial charge < -0.3 is 28.5 Å². The third kappa shape index (κ3) is 65.3. The number of carboxylic acids is 1. The molecule has 0 radical (unpaired) electrons. The summed E-state index contributed by atoms with van der Waals surface area (Å²) in [7, 11) is 5.98. The average Bonchev–Trinajstić information content (AvgIpc) is 3.46. The van der Waals surface area contributed by atoms with Gasteiger partial charge in [0.25, 0.3) is 6.29 Å². The molecule has 476 valence electrons. The lowest BCUT2D eigenvalue weighted by atomic mass is 10.0. The third-order valence-corrected chi connectivity index (χ3v) is 14.5. The lowest BCUT2D eigenvalue weighted by Gasteiger charge is -2.25. The minimum Gasteiger partial charge on any atom is -0.477 e. The molecule has 0 amide bonds. The fraction of sp³-hybridized carbons (Fsp3) is 0.716. The number of carbonyl (C=O) groups is 3. The normalized spacial score (nSPS) is 13.4. The van der Waals surface area contributed by atoms with Crippen LogP contribution in [-0.4, -0.2) is 87.4 Å². The Labute approximate surface area is 511 Å². The van der Waals surface area contributed by atoms with Gasteiger partial charge in [-0.15, -0.1) is 0 Å². The molecule has 0 aromatic heterocycles. The molecule has 1 N–H and O–H groups in total.